The van der Waals surface area contributed by atoms with Crippen LogP contribution in [0.4, 0.5) is 0 Å². The summed E-state index contributed by atoms with van der Waals surface area (Å²) in [5.74, 6) is 0.232. The van der Waals surface area contributed by atoms with Crippen LogP contribution in [0, 0.1) is 16.7 Å². The summed E-state index contributed by atoms with van der Waals surface area (Å²) in [6.45, 7) is 12.8. The van der Waals surface area contributed by atoms with E-state index in [0.29, 0.717) is 0 Å². The smallest absolute Gasteiger partial charge is 0.313 e. The Hall–Kier alpha value is -1.35. The van der Waals surface area contributed by atoms with Crippen molar-refractivity contribution in [3.05, 3.63) is 35.9 Å². The van der Waals surface area contributed by atoms with Crippen LogP contribution in [0.3, 0.4) is 0 Å². The van der Waals surface area contributed by atoms with Gasteiger partial charge in [0.1, 0.15) is 0 Å². The molecule has 1 heterocycles. The van der Waals surface area contributed by atoms with Gasteiger partial charge in [-0.2, -0.15) is 0 Å². The molecule has 1 aromatic carbocycles. The molecule has 1 aromatic rings. The Morgan fingerprint density at radius 3 is 2.39 bits per heavy atom. The Balaban J connectivity index is 2.30. The van der Waals surface area contributed by atoms with Crippen LogP contribution in [0.1, 0.15) is 46.6 Å². The minimum Gasteiger partial charge on any atom is -0.469 e. The highest BCUT2D eigenvalue weighted by molar-refractivity contribution is 5.78. The number of rotatable bonds is 4. The Kier molecular flexibility index (Phi) is 5.20. The number of esters is 1. The lowest BCUT2D eigenvalue weighted by Crippen LogP contribution is -2.47. The van der Waals surface area contributed by atoms with Crippen LogP contribution in [-0.4, -0.2) is 30.6 Å². The number of methoxy groups -OCH3 is 1. The third-order valence-corrected chi connectivity index (χ3v) is 5.30. The fourth-order valence-electron chi connectivity index (χ4n) is 4.26. The van der Waals surface area contributed by atoms with Crippen LogP contribution in [0.15, 0.2) is 30.3 Å². The molecule has 0 unspecified atom stereocenters. The minimum absolute atomic E-state index is 0.0528. The predicted octanol–water partition coefficient (Wildman–Crippen LogP) is 4.12. The molecule has 0 amide bonds. The first-order chi connectivity index (χ1) is 10.7. The Bertz CT molecular complexity index is 534. The van der Waals surface area contributed by atoms with E-state index in [9.17, 15) is 4.79 Å². The number of hydrogen-bond donors (Lipinski definition) is 0. The Morgan fingerprint density at radius 2 is 1.87 bits per heavy atom. The average Bonchev–Trinajstić information content (AvgIpc) is 2.71. The summed E-state index contributed by atoms with van der Waals surface area (Å²) in [5.41, 5.74) is 0.948. The molecule has 0 saturated carbocycles. The number of carbonyl (C=O) groups excluding carboxylic acids is 1. The molecule has 0 bridgehead atoms. The molecule has 23 heavy (non-hydrogen) atoms. The predicted molar refractivity (Wildman–Crippen MR) is 94.0 cm³/mol. The van der Waals surface area contributed by atoms with Crippen LogP contribution in [-0.2, 0) is 16.1 Å². The normalized spacial score (nSPS) is 28.8. The van der Waals surface area contributed by atoms with Gasteiger partial charge in [0.05, 0.1) is 12.5 Å². The first kappa shape index (κ1) is 18.0. The number of ether oxygens (including phenoxy) is 1. The summed E-state index contributed by atoms with van der Waals surface area (Å²) in [4.78, 5) is 15.2. The van der Waals surface area contributed by atoms with Gasteiger partial charge in [-0.25, -0.2) is 0 Å². The largest absolute Gasteiger partial charge is 0.469 e. The van der Waals surface area contributed by atoms with Crippen molar-refractivity contribution in [1.29, 1.82) is 0 Å². The fourth-order valence-corrected chi connectivity index (χ4v) is 4.26. The van der Waals surface area contributed by atoms with Crippen molar-refractivity contribution < 1.29 is 9.53 Å². The molecule has 1 aliphatic rings. The maximum Gasteiger partial charge on any atom is 0.313 e. The number of nitrogens with zero attached hydrogens (tertiary/aromatic N) is 1. The van der Waals surface area contributed by atoms with Crippen LogP contribution >= 0.6 is 0 Å². The van der Waals surface area contributed by atoms with E-state index in [1.807, 2.05) is 6.07 Å². The van der Waals surface area contributed by atoms with E-state index in [2.05, 4.69) is 63.8 Å². The molecule has 1 aliphatic heterocycles. The molecular weight excluding hydrogens is 286 g/mol. The van der Waals surface area contributed by atoms with Crippen molar-refractivity contribution in [1.82, 2.24) is 4.90 Å². The molecule has 1 fully saturated rings. The highest BCUT2D eigenvalue weighted by atomic mass is 16.5. The van der Waals surface area contributed by atoms with Gasteiger partial charge in [0.25, 0.3) is 0 Å². The molecule has 3 heteroatoms. The third kappa shape index (κ3) is 3.60. The number of carbonyl (C=O) groups is 1. The molecule has 1 saturated heterocycles. The second kappa shape index (κ2) is 6.64. The Morgan fingerprint density at radius 1 is 1.26 bits per heavy atom. The summed E-state index contributed by atoms with van der Waals surface area (Å²) in [5, 5.41) is 0. The molecule has 3 atom stereocenters. The molecule has 0 N–H and O–H groups in total. The summed E-state index contributed by atoms with van der Waals surface area (Å²) in [7, 11) is 1.52. The van der Waals surface area contributed by atoms with Gasteiger partial charge in [-0.3, -0.25) is 9.69 Å². The average molecular weight is 317 g/mol. The van der Waals surface area contributed by atoms with Gasteiger partial charge >= 0.3 is 5.97 Å². The van der Waals surface area contributed by atoms with Gasteiger partial charge in [0.15, 0.2) is 0 Å². The molecule has 3 nitrogen and oxygen atoms in total. The van der Waals surface area contributed by atoms with Crippen LogP contribution in [0.5, 0.6) is 0 Å². The molecule has 128 valence electrons. The summed E-state index contributed by atoms with van der Waals surface area (Å²) in [6, 6.07) is 10.7. The zero-order valence-electron chi connectivity index (χ0n) is 15.4. The fraction of sp³-hybridized carbons (Fsp3) is 0.650. The van der Waals surface area contributed by atoms with E-state index >= 15 is 0 Å². The minimum atomic E-state index is -0.429. The standard InChI is InChI=1S/C20H31NO2/c1-15-12-21(13-17-10-8-7-9-11-17)16(2)20(15,18(22)23-6)14-19(3,4)5/h7-11,15-16H,12-14H2,1-6H3/t15-,16+,20-/m1/s1. The molecule has 0 spiro atoms. The second-order valence-electron chi connectivity index (χ2n) is 8.26. The molecule has 0 aliphatic carbocycles. The zero-order valence-corrected chi connectivity index (χ0v) is 15.4. The summed E-state index contributed by atoms with van der Waals surface area (Å²) >= 11 is 0. The molecular formula is C20H31NO2. The van der Waals surface area contributed by atoms with Crippen molar-refractivity contribution >= 4 is 5.97 Å². The number of hydrogen-bond acceptors (Lipinski definition) is 3. The van der Waals surface area contributed by atoms with E-state index < -0.39 is 5.41 Å². The highest BCUT2D eigenvalue weighted by Gasteiger charge is 2.57. The van der Waals surface area contributed by atoms with Crippen molar-refractivity contribution in [2.45, 2.75) is 53.6 Å². The van der Waals surface area contributed by atoms with Crippen LogP contribution in [0.2, 0.25) is 0 Å². The molecule has 0 aromatic heterocycles. The lowest BCUT2D eigenvalue weighted by Gasteiger charge is -2.40. The van der Waals surface area contributed by atoms with Crippen molar-refractivity contribution in [3.63, 3.8) is 0 Å². The first-order valence-corrected chi connectivity index (χ1v) is 8.57. The van der Waals surface area contributed by atoms with Gasteiger partial charge in [-0.15, -0.1) is 0 Å². The maximum atomic E-state index is 12.8. The lowest BCUT2D eigenvalue weighted by molar-refractivity contribution is -0.159. The summed E-state index contributed by atoms with van der Waals surface area (Å²) in [6.07, 6.45) is 0.848. The van der Waals surface area contributed by atoms with Crippen LogP contribution < -0.4 is 0 Å². The van der Waals surface area contributed by atoms with Crippen LogP contribution in [0.25, 0.3) is 0 Å². The SMILES string of the molecule is COC(=O)[C@]1(CC(C)(C)C)[C@H](C)CN(Cc2ccccc2)[C@H]1C. The first-order valence-electron chi connectivity index (χ1n) is 8.57. The Labute approximate surface area is 141 Å². The van der Waals surface area contributed by atoms with Gasteiger partial charge in [0, 0.05) is 19.1 Å². The molecule has 0 radical (unpaired) electrons. The number of benzene rings is 1. The van der Waals surface area contributed by atoms with Crippen molar-refractivity contribution in [2.75, 3.05) is 13.7 Å². The maximum absolute atomic E-state index is 12.8. The van der Waals surface area contributed by atoms with E-state index in [4.69, 9.17) is 4.74 Å². The zero-order chi connectivity index (χ0) is 17.3. The van der Waals surface area contributed by atoms with Crippen molar-refractivity contribution in [2.24, 2.45) is 16.7 Å². The van der Waals surface area contributed by atoms with E-state index in [1.54, 1.807) is 0 Å². The second-order valence-corrected chi connectivity index (χ2v) is 8.26. The topological polar surface area (TPSA) is 29.5 Å². The van der Waals surface area contributed by atoms with Gasteiger partial charge < -0.3 is 4.74 Å². The van der Waals surface area contributed by atoms with Gasteiger partial charge in [0.2, 0.25) is 0 Å². The van der Waals surface area contributed by atoms with Gasteiger partial charge in [-0.05, 0) is 30.2 Å². The van der Waals surface area contributed by atoms with E-state index in [0.717, 1.165) is 19.5 Å². The lowest BCUT2D eigenvalue weighted by atomic mass is 9.65. The highest BCUT2D eigenvalue weighted by Crippen LogP contribution is 2.50. The van der Waals surface area contributed by atoms with Gasteiger partial charge in [-0.1, -0.05) is 58.0 Å². The quantitative estimate of drug-likeness (QED) is 0.782. The van der Waals surface area contributed by atoms with E-state index in [1.165, 1.54) is 12.7 Å². The summed E-state index contributed by atoms with van der Waals surface area (Å²) < 4.78 is 5.26. The third-order valence-electron chi connectivity index (χ3n) is 5.30. The molecule has 2 rings (SSSR count). The van der Waals surface area contributed by atoms with Crippen molar-refractivity contribution in [3.8, 4) is 0 Å². The van der Waals surface area contributed by atoms with E-state index in [-0.39, 0.29) is 23.3 Å². The monoisotopic (exact) mass is 317 g/mol. The number of likely N-dealkylation sites (tertiary alicyclic amines) is 1.